The molecule has 1 aromatic rings. The Morgan fingerprint density at radius 3 is 2.32 bits per heavy atom. The summed E-state index contributed by atoms with van der Waals surface area (Å²) in [6, 6.07) is 5.49. The number of anilines is 1. The van der Waals surface area contributed by atoms with Gasteiger partial charge in [0.2, 0.25) is 10.0 Å². The first-order chi connectivity index (χ1) is 13.6. The van der Waals surface area contributed by atoms with Crippen LogP contribution in [0, 0.1) is 0 Å². The van der Waals surface area contributed by atoms with Gasteiger partial charge >= 0.3 is 6.03 Å². The molecule has 6 nitrogen and oxygen atoms in total. The normalized spacial score (nSPS) is 21.9. The van der Waals surface area contributed by atoms with Gasteiger partial charge in [-0.15, -0.1) is 0 Å². The number of fused-ring (bicyclic) bond motifs is 1. The van der Waals surface area contributed by atoms with E-state index in [9.17, 15) is 13.2 Å². The van der Waals surface area contributed by atoms with Gasteiger partial charge in [-0.25, -0.2) is 13.2 Å². The highest BCUT2D eigenvalue weighted by Crippen LogP contribution is 2.32. The molecule has 2 fully saturated rings. The van der Waals surface area contributed by atoms with E-state index in [1.807, 2.05) is 6.07 Å². The molecule has 0 spiro atoms. The highest BCUT2D eigenvalue weighted by Gasteiger charge is 2.30. The van der Waals surface area contributed by atoms with Gasteiger partial charge in [0.15, 0.2) is 0 Å². The van der Waals surface area contributed by atoms with E-state index in [1.54, 1.807) is 21.3 Å². The Labute approximate surface area is 168 Å². The third-order valence-electron chi connectivity index (χ3n) is 6.33. The molecule has 28 heavy (non-hydrogen) atoms. The van der Waals surface area contributed by atoms with Crippen molar-refractivity contribution in [2.24, 2.45) is 0 Å². The fourth-order valence-corrected chi connectivity index (χ4v) is 6.25. The molecule has 0 unspecified atom stereocenters. The summed E-state index contributed by atoms with van der Waals surface area (Å²) >= 11 is 0. The Kier molecular flexibility index (Phi) is 5.92. The van der Waals surface area contributed by atoms with Crippen LogP contribution in [0.5, 0.6) is 0 Å². The van der Waals surface area contributed by atoms with Crippen LogP contribution in [-0.2, 0) is 16.4 Å². The first kappa shape index (κ1) is 19.7. The molecule has 2 aliphatic heterocycles. The van der Waals surface area contributed by atoms with Crippen molar-refractivity contribution < 1.29 is 13.2 Å². The molecule has 1 aliphatic carbocycles. The summed E-state index contributed by atoms with van der Waals surface area (Å²) in [5.74, 6) is 0. The number of hydrogen-bond donors (Lipinski definition) is 1. The van der Waals surface area contributed by atoms with Crippen molar-refractivity contribution in [1.82, 2.24) is 9.62 Å². The molecule has 3 aliphatic rings. The van der Waals surface area contributed by atoms with Crippen LogP contribution in [0.15, 0.2) is 23.1 Å². The summed E-state index contributed by atoms with van der Waals surface area (Å²) in [6.07, 6.45) is 10.5. The minimum Gasteiger partial charge on any atom is -0.335 e. The number of urea groups is 1. The van der Waals surface area contributed by atoms with Crippen LogP contribution < -0.4 is 10.2 Å². The third-order valence-corrected chi connectivity index (χ3v) is 8.22. The molecular formula is C21H31N3O3S. The number of amides is 2. The highest BCUT2D eigenvalue weighted by atomic mass is 32.2. The van der Waals surface area contributed by atoms with E-state index in [2.05, 4.69) is 5.32 Å². The quantitative estimate of drug-likeness (QED) is 0.834. The molecule has 1 saturated carbocycles. The number of carbonyl (C=O) groups excluding carboxylic acids is 1. The van der Waals surface area contributed by atoms with Gasteiger partial charge in [-0.05, 0) is 55.9 Å². The molecule has 154 valence electrons. The smallest absolute Gasteiger partial charge is 0.322 e. The molecule has 1 N–H and O–H groups in total. The molecule has 0 atom stereocenters. The van der Waals surface area contributed by atoms with E-state index >= 15 is 0 Å². The fourth-order valence-electron chi connectivity index (χ4n) is 4.68. The highest BCUT2D eigenvalue weighted by molar-refractivity contribution is 7.89. The predicted octanol–water partition coefficient (Wildman–Crippen LogP) is 3.66. The number of nitrogens with zero attached hydrogens (tertiary/aromatic N) is 2. The van der Waals surface area contributed by atoms with Crippen molar-refractivity contribution in [1.29, 1.82) is 0 Å². The fraction of sp³-hybridized carbons (Fsp3) is 0.667. The summed E-state index contributed by atoms with van der Waals surface area (Å²) in [6.45, 7) is 1.83. The number of carbonyl (C=O) groups is 1. The van der Waals surface area contributed by atoms with Gasteiger partial charge in [-0.1, -0.05) is 32.1 Å². The van der Waals surface area contributed by atoms with Gasteiger partial charge < -0.3 is 5.32 Å². The van der Waals surface area contributed by atoms with Gasteiger partial charge in [-0.3, -0.25) is 4.90 Å². The van der Waals surface area contributed by atoms with E-state index in [0.717, 1.165) is 49.8 Å². The van der Waals surface area contributed by atoms with Crippen LogP contribution in [0.1, 0.15) is 63.4 Å². The maximum atomic E-state index is 13.1. The van der Waals surface area contributed by atoms with Gasteiger partial charge in [0.1, 0.15) is 0 Å². The Morgan fingerprint density at radius 1 is 0.929 bits per heavy atom. The van der Waals surface area contributed by atoms with Crippen LogP contribution in [0.3, 0.4) is 0 Å². The van der Waals surface area contributed by atoms with E-state index in [1.165, 1.54) is 19.3 Å². The second-order valence-corrected chi connectivity index (χ2v) is 10.2. The lowest BCUT2D eigenvalue weighted by atomic mass is 9.96. The predicted molar refractivity (Wildman–Crippen MR) is 110 cm³/mol. The molecule has 0 bridgehead atoms. The molecule has 0 radical (unpaired) electrons. The Hall–Kier alpha value is -1.60. The van der Waals surface area contributed by atoms with Gasteiger partial charge in [0.05, 0.1) is 4.90 Å². The minimum atomic E-state index is -3.45. The SMILES string of the molecule is O=C(NC1CCCCC1)N1CCc2cc(S(=O)(=O)N3CCCCCC3)ccc21. The lowest BCUT2D eigenvalue weighted by Gasteiger charge is -2.26. The summed E-state index contributed by atoms with van der Waals surface area (Å²) in [5, 5.41) is 3.17. The summed E-state index contributed by atoms with van der Waals surface area (Å²) in [7, 11) is -3.45. The molecule has 1 aromatic carbocycles. The van der Waals surface area contributed by atoms with Crippen molar-refractivity contribution in [3.8, 4) is 0 Å². The Balaban J connectivity index is 1.49. The van der Waals surface area contributed by atoms with Crippen LogP contribution >= 0.6 is 0 Å². The molecule has 7 heteroatoms. The van der Waals surface area contributed by atoms with E-state index in [4.69, 9.17) is 0 Å². The Bertz CT molecular complexity index is 810. The van der Waals surface area contributed by atoms with Gasteiger partial charge in [0, 0.05) is 31.4 Å². The van der Waals surface area contributed by atoms with Crippen LogP contribution in [-0.4, -0.2) is 44.4 Å². The molecular weight excluding hydrogens is 374 g/mol. The van der Waals surface area contributed by atoms with Gasteiger partial charge in [0.25, 0.3) is 0 Å². The molecule has 4 rings (SSSR count). The van der Waals surface area contributed by atoms with E-state index in [-0.39, 0.29) is 12.1 Å². The van der Waals surface area contributed by atoms with Crippen molar-refractivity contribution in [3.63, 3.8) is 0 Å². The Morgan fingerprint density at radius 2 is 1.61 bits per heavy atom. The number of rotatable bonds is 3. The lowest BCUT2D eigenvalue weighted by molar-refractivity contribution is 0.238. The van der Waals surface area contributed by atoms with Crippen molar-refractivity contribution in [2.45, 2.75) is 75.1 Å². The minimum absolute atomic E-state index is 0.0474. The summed E-state index contributed by atoms with van der Waals surface area (Å²) in [5.41, 5.74) is 1.80. The average molecular weight is 406 g/mol. The number of nitrogens with one attached hydrogen (secondary N) is 1. The first-order valence-electron chi connectivity index (χ1n) is 10.8. The molecule has 2 amide bonds. The zero-order valence-electron chi connectivity index (χ0n) is 16.5. The topological polar surface area (TPSA) is 69.7 Å². The number of benzene rings is 1. The number of sulfonamides is 1. The average Bonchev–Trinajstić information content (AvgIpc) is 2.92. The zero-order chi connectivity index (χ0) is 19.6. The first-order valence-corrected chi connectivity index (χ1v) is 12.2. The molecule has 2 heterocycles. The van der Waals surface area contributed by atoms with E-state index < -0.39 is 10.0 Å². The lowest BCUT2D eigenvalue weighted by Crippen LogP contribution is -2.45. The van der Waals surface area contributed by atoms with Crippen LogP contribution in [0.25, 0.3) is 0 Å². The molecule has 1 saturated heterocycles. The second-order valence-electron chi connectivity index (χ2n) is 8.29. The maximum Gasteiger partial charge on any atom is 0.322 e. The second kappa shape index (κ2) is 8.41. The third kappa shape index (κ3) is 4.06. The number of hydrogen-bond acceptors (Lipinski definition) is 3. The van der Waals surface area contributed by atoms with Crippen molar-refractivity contribution in [2.75, 3.05) is 24.5 Å². The standard InChI is InChI=1S/C21H31N3O3S/c25-21(22-18-8-4-3-5-9-18)24-15-12-17-16-19(10-11-20(17)24)28(26,27)23-13-6-1-2-7-14-23/h10-11,16,18H,1-9,12-15H2,(H,22,25). The summed E-state index contributed by atoms with van der Waals surface area (Å²) in [4.78, 5) is 14.9. The monoisotopic (exact) mass is 405 g/mol. The maximum absolute atomic E-state index is 13.1. The van der Waals surface area contributed by atoms with E-state index in [0.29, 0.717) is 31.0 Å². The largest absolute Gasteiger partial charge is 0.335 e. The van der Waals surface area contributed by atoms with Crippen molar-refractivity contribution >= 4 is 21.7 Å². The van der Waals surface area contributed by atoms with Crippen LogP contribution in [0.4, 0.5) is 10.5 Å². The van der Waals surface area contributed by atoms with Gasteiger partial charge in [-0.2, -0.15) is 4.31 Å². The summed E-state index contributed by atoms with van der Waals surface area (Å²) < 4.78 is 27.7. The van der Waals surface area contributed by atoms with Crippen molar-refractivity contribution in [3.05, 3.63) is 23.8 Å². The molecule has 0 aromatic heterocycles. The zero-order valence-corrected chi connectivity index (χ0v) is 17.3. The van der Waals surface area contributed by atoms with Crippen LogP contribution in [0.2, 0.25) is 0 Å².